The molecular weight excluding hydrogens is 256 g/mol. The quantitative estimate of drug-likeness (QED) is 0.613. The summed E-state index contributed by atoms with van der Waals surface area (Å²) in [5.41, 5.74) is 5.41. The van der Waals surface area contributed by atoms with Crippen LogP contribution in [0.25, 0.3) is 11.0 Å². The van der Waals surface area contributed by atoms with Gasteiger partial charge in [-0.3, -0.25) is 0 Å². The first-order valence-corrected chi connectivity index (χ1v) is 8.47. The van der Waals surface area contributed by atoms with Gasteiger partial charge in [0.05, 0.1) is 0 Å². The first kappa shape index (κ1) is 14.7. The number of benzene rings is 1. The Balaban J connectivity index is 2.38. The third-order valence-corrected chi connectivity index (χ3v) is 5.29. The van der Waals surface area contributed by atoms with E-state index in [1.54, 1.807) is 0 Å². The van der Waals surface area contributed by atoms with Crippen molar-refractivity contribution in [3.05, 3.63) is 34.6 Å². The van der Waals surface area contributed by atoms with Crippen molar-refractivity contribution in [2.75, 3.05) is 0 Å². The zero-order chi connectivity index (χ0) is 15.3. The zero-order valence-corrected chi connectivity index (χ0v) is 14.3. The number of furan rings is 1. The Labute approximate surface area is 128 Å². The molecule has 1 unspecified atom stereocenters. The van der Waals surface area contributed by atoms with Gasteiger partial charge in [0, 0.05) is 16.9 Å². The fourth-order valence-electron chi connectivity index (χ4n) is 3.99. The summed E-state index contributed by atoms with van der Waals surface area (Å²) < 4.78 is 6.40. The van der Waals surface area contributed by atoms with Crippen LogP contribution in [-0.4, -0.2) is 0 Å². The lowest BCUT2D eigenvalue weighted by Gasteiger charge is -2.29. The maximum absolute atomic E-state index is 6.40. The SMILES string of the molecule is Cc1ccc(C(C)C)c2c3c(oc12)C(C)CC[C@H]3C(C)C. The van der Waals surface area contributed by atoms with Gasteiger partial charge < -0.3 is 4.42 Å². The largest absolute Gasteiger partial charge is 0.460 e. The highest BCUT2D eigenvalue weighted by molar-refractivity contribution is 5.89. The van der Waals surface area contributed by atoms with Gasteiger partial charge in [0.2, 0.25) is 0 Å². The van der Waals surface area contributed by atoms with Crippen LogP contribution in [0, 0.1) is 12.8 Å². The van der Waals surface area contributed by atoms with Crippen LogP contribution < -0.4 is 0 Å². The molecule has 0 N–H and O–H groups in total. The van der Waals surface area contributed by atoms with Crippen LogP contribution in [0.15, 0.2) is 16.5 Å². The highest BCUT2D eigenvalue weighted by atomic mass is 16.3. The molecule has 1 heterocycles. The average Bonchev–Trinajstić information content (AvgIpc) is 2.81. The van der Waals surface area contributed by atoms with Gasteiger partial charge in [-0.05, 0) is 48.6 Å². The van der Waals surface area contributed by atoms with Crippen molar-refractivity contribution in [2.24, 2.45) is 5.92 Å². The predicted octanol–water partition coefficient (Wildman–Crippen LogP) is 6.50. The second-order valence-corrected chi connectivity index (χ2v) is 7.54. The molecule has 0 saturated carbocycles. The highest BCUT2D eigenvalue weighted by Crippen LogP contribution is 2.49. The molecule has 114 valence electrons. The molecule has 0 radical (unpaired) electrons. The second kappa shape index (κ2) is 5.19. The van der Waals surface area contributed by atoms with Gasteiger partial charge in [-0.25, -0.2) is 0 Å². The average molecular weight is 284 g/mol. The number of aryl methyl sites for hydroxylation is 1. The van der Waals surface area contributed by atoms with E-state index in [1.807, 2.05) is 0 Å². The first-order valence-electron chi connectivity index (χ1n) is 8.47. The molecule has 0 bridgehead atoms. The Morgan fingerprint density at radius 3 is 2.43 bits per heavy atom. The molecule has 21 heavy (non-hydrogen) atoms. The molecule has 0 fully saturated rings. The van der Waals surface area contributed by atoms with Crippen molar-refractivity contribution in [1.29, 1.82) is 0 Å². The van der Waals surface area contributed by atoms with E-state index in [-0.39, 0.29) is 0 Å². The summed E-state index contributed by atoms with van der Waals surface area (Å²) in [6, 6.07) is 4.54. The molecule has 2 aromatic rings. The fourth-order valence-corrected chi connectivity index (χ4v) is 3.99. The summed E-state index contributed by atoms with van der Waals surface area (Å²) >= 11 is 0. The molecule has 0 saturated heterocycles. The Bertz CT molecular complexity index is 660. The van der Waals surface area contributed by atoms with Gasteiger partial charge in [0.15, 0.2) is 0 Å². The smallest absolute Gasteiger partial charge is 0.137 e. The minimum absolute atomic E-state index is 0.542. The van der Waals surface area contributed by atoms with Crippen molar-refractivity contribution in [1.82, 2.24) is 0 Å². The normalized spacial score (nSPS) is 22.3. The fraction of sp³-hybridized carbons (Fsp3) is 0.600. The molecule has 1 aliphatic rings. The number of rotatable bonds is 2. The van der Waals surface area contributed by atoms with Crippen LogP contribution in [0.1, 0.15) is 87.7 Å². The third kappa shape index (κ3) is 2.22. The van der Waals surface area contributed by atoms with Gasteiger partial charge >= 0.3 is 0 Å². The molecule has 0 amide bonds. The summed E-state index contributed by atoms with van der Waals surface area (Å²) in [4.78, 5) is 0. The number of hydrogen-bond donors (Lipinski definition) is 0. The number of fused-ring (bicyclic) bond motifs is 3. The minimum atomic E-state index is 0.542. The molecule has 3 rings (SSSR count). The summed E-state index contributed by atoms with van der Waals surface area (Å²) in [5.74, 6) is 3.70. The molecule has 1 aromatic heterocycles. The van der Waals surface area contributed by atoms with Crippen molar-refractivity contribution < 1.29 is 4.42 Å². The first-order chi connectivity index (χ1) is 9.91. The molecule has 1 aliphatic carbocycles. The molecule has 1 aromatic carbocycles. The summed E-state index contributed by atoms with van der Waals surface area (Å²) in [5, 5.41) is 1.44. The molecule has 0 spiro atoms. The Hall–Kier alpha value is -1.24. The lowest BCUT2D eigenvalue weighted by molar-refractivity contribution is 0.370. The lowest BCUT2D eigenvalue weighted by atomic mass is 9.74. The third-order valence-electron chi connectivity index (χ3n) is 5.29. The monoisotopic (exact) mass is 284 g/mol. The van der Waals surface area contributed by atoms with Gasteiger partial charge in [0.1, 0.15) is 11.3 Å². The van der Waals surface area contributed by atoms with E-state index in [9.17, 15) is 0 Å². The van der Waals surface area contributed by atoms with Crippen LogP contribution in [-0.2, 0) is 0 Å². The van der Waals surface area contributed by atoms with E-state index in [2.05, 4.69) is 53.7 Å². The Morgan fingerprint density at radius 2 is 1.81 bits per heavy atom. The topological polar surface area (TPSA) is 13.1 Å². The predicted molar refractivity (Wildman–Crippen MR) is 90.3 cm³/mol. The van der Waals surface area contributed by atoms with Crippen LogP contribution in [0.2, 0.25) is 0 Å². The Kier molecular flexibility index (Phi) is 3.63. The van der Waals surface area contributed by atoms with E-state index >= 15 is 0 Å². The van der Waals surface area contributed by atoms with Crippen molar-refractivity contribution in [2.45, 2.75) is 72.1 Å². The molecule has 1 nitrogen and oxygen atoms in total. The summed E-state index contributed by atoms with van der Waals surface area (Å²) in [7, 11) is 0. The van der Waals surface area contributed by atoms with Crippen LogP contribution >= 0.6 is 0 Å². The van der Waals surface area contributed by atoms with Gasteiger partial charge in [-0.15, -0.1) is 0 Å². The zero-order valence-electron chi connectivity index (χ0n) is 14.3. The van der Waals surface area contributed by atoms with E-state index in [0.29, 0.717) is 23.7 Å². The second-order valence-electron chi connectivity index (χ2n) is 7.54. The van der Waals surface area contributed by atoms with Crippen LogP contribution in [0.5, 0.6) is 0 Å². The van der Waals surface area contributed by atoms with E-state index in [0.717, 1.165) is 5.58 Å². The summed E-state index contributed by atoms with van der Waals surface area (Å²) in [6.07, 6.45) is 2.55. The summed E-state index contributed by atoms with van der Waals surface area (Å²) in [6.45, 7) is 13.8. The highest BCUT2D eigenvalue weighted by Gasteiger charge is 2.33. The molecule has 0 aliphatic heterocycles. The van der Waals surface area contributed by atoms with Crippen LogP contribution in [0.4, 0.5) is 0 Å². The maximum Gasteiger partial charge on any atom is 0.137 e. The standard InChI is InChI=1S/C20H28O/c1-11(2)15-9-7-13(5)19-17(15)18-16(12(3)4)10-8-14(6)20(18)21-19/h7,9,11-12,14,16H,8,10H2,1-6H3/t14?,16-/m0/s1. The maximum atomic E-state index is 6.40. The molecule has 1 heteroatoms. The van der Waals surface area contributed by atoms with Gasteiger partial charge in [-0.1, -0.05) is 46.8 Å². The molecule has 2 atom stereocenters. The van der Waals surface area contributed by atoms with Crippen molar-refractivity contribution in [3.63, 3.8) is 0 Å². The van der Waals surface area contributed by atoms with Gasteiger partial charge in [0.25, 0.3) is 0 Å². The van der Waals surface area contributed by atoms with Crippen molar-refractivity contribution >= 4 is 11.0 Å². The van der Waals surface area contributed by atoms with Gasteiger partial charge in [-0.2, -0.15) is 0 Å². The van der Waals surface area contributed by atoms with E-state index in [1.165, 1.54) is 40.7 Å². The van der Waals surface area contributed by atoms with Crippen LogP contribution in [0.3, 0.4) is 0 Å². The number of hydrogen-bond acceptors (Lipinski definition) is 1. The molecular formula is C20H28O. The van der Waals surface area contributed by atoms with E-state index in [4.69, 9.17) is 4.42 Å². The van der Waals surface area contributed by atoms with Crippen molar-refractivity contribution in [3.8, 4) is 0 Å². The van der Waals surface area contributed by atoms with E-state index < -0.39 is 0 Å². The lowest BCUT2D eigenvalue weighted by Crippen LogP contribution is -2.16. The Morgan fingerprint density at radius 1 is 1.10 bits per heavy atom. The minimum Gasteiger partial charge on any atom is -0.460 e.